The van der Waals surface area contributed by atoms with Crippen molar-refractivity contribution in [3.63, 3.8) is 0 Å². The van der Waals surface area contributed by atoms with E-state index in [0.29, 0.717) is 33.3 Å². The van der Waals surface area contributed by atoms with Gasteiger partial charge in [-0.15, -0.1) is 0 Å². The molecule has 2 fully saturated rings. The Morgan fingerprint density at radius 1 is 1.28 bits per heavy atom. The van der Waals surface area contributed by atoms with Crippen LogP contribution < -0.4 is 10.5 Å². The van der Waals surface area contributed by atoms with Crippen LogP contribution in [0.3, 0.4) is 0 Å². The zero-order valence-corrected chi connectivity index (χ0v) is 19.9. The highest BCUT2D eigenvalue weighted by molar-refractivity contribution is 8.26. The van der Waals surface area contributed by atoms with E-state index in [2.05, 4.69) is 4.90 Å². The van der Waals surface area contributed by atoms with Gasteiger partial charge in [-0.3, -0.25) is 23.9 Å². The Kier molecular flexibility index (Phi) is 7.74. The van der Waals surface area contributed by atoms with Crippen LogP contribution in [-0.2, 0) is 16.1 Å². The molecule has 1 N–H and O–H groups in total. The summed E-state index contributed by atoms with van der Waals surface area (Å²) in [5, 5.41) is 18.5. The van der Waals surface area contributed by atoms with Gasteiger partial charge < -0.3 is 10.0 Å². The van der Waals surface area contributed by atoms with Crippen molar-refractivity contribution in [2.75, 3.05) is 24.5 Å². The maximum absolute atomic E-state index is 13.0. The SMILES string of the molecule is CCn1c(N2CCCCC2)c(C=C2SC(=S)N(CCCC(=O)O)C2=O)c(C)c(C#N)c1=O. The van der Waals surface area contributed by atoms with Crippen LogP contribution >= 0.6 is 24.0 Å². The molecule has 0 radical (unpaired) electrons. The predicted molar refractivity (Wildman–Crippen MR) is 129 cm³/mol. The number of aliphatic carboxylic acids is 1. The number of aromatic nitrogens is 1. The molecule has 0 unspecified atom stereocenters. The monoisotopic (exact) mass is 474 g/mol. The second kappa shape index (κ2) is 10.3. The number of hydrogen-bond acceptors (Lipinski definition) is 7. The van der Waals surface area contributed by atoms with Crippen LogP contribution in [0, 0.1) is 18.3 Å². The molecule has 1 aromatic rings. The number of carbonyl (C=O) groups excluding carboxylic acids is 1. The van der Waals surface area contributed by atoms with Crippen LogP contribution in [0.2, 0.25) is 0 Å². The third-order valence-corrected chi connectivity index (χ3v) is 7.12. The molecule has 8 nitrogen and oxygen atoms in total. The number of nitriles is 1. The Balaban J connectivity index is 2.08. The van der Waals surface area contributed by atoms with Crippen LogP contribution in [-0.4, -0.2) is 50.4 Å². The first kappa shape index (κ1) is 24.0. The van der Waals surface area contributed by atoms with Gasteiger partial charge in [0.2, 0.25) is 0 Å². The molecular weight excluding hydrogens is 448 g/mol. The number of carboxylic acids is 1. The molecule has 0 atom stereocenters. The van der Waals surface area contributed by atoms with Gasteiger partial charge in [0.15, 0.2) is 0 Å². The summed E-state index contributed by atoms with van der Waals surface area (Å²) in [5.74, 6) is -0.453. The quantitative estimate of drug-likeness (QED) is 0.475. The number of nitrogens with zero attached hydrogens (tertiary/aromatic N) is 4. The summed E-state index contributed by atoms with van der Waals surface area (Å²) in [6.45, 7) is 5.88. The molecule has 10 heteroatoms. The Bertz CT molecular complexity index is 1080. The van der Waals surface area contributed by atoms with E-state index in [-0.39, 0.29) is 30.0 Å². The Hall–Kier alpha value is -2.64. The second-order valence-corrected chi connectivity index (χ2v) is 9.45. The van der Waals surface area contributed by atoms with Gasteiger partial charge in [0.05, 0.1) is 4.91 Å². The third-order valence-electron chi connectivity index (χ3n) is 5.74. The first-order chi connectivity index (χ1) is 15.3. The van der Waals surface area contributed by atoms with E-state index in [4.69, 9.17) is 17.3 Å². The smallest absolute Gasteiger partial charge is 0.303 e. The number of rotatable bonds is 7. The van der Waals surface area contributed by atoms with Gasteiger partial charge in [0.25, 0.3) is 11.5 Å². The van der Waals surface area contributed by atoms with Gasteiger partial charge in [-0.25, -0.2) is 0 Å². The molecule has 0 bridgehead atoms. The minimum absolute atomic E-state index is 0.0404. The van der Waals surface area contributed by atoms with Crippen molar-refractivity contribution in [1.82, 2.24) is 9.47 Å². The zero-order valence-electron chi connectivity index (χ0n) is 18.2. The highest BCUT2D eigenvalue weighted by Gasteiger charge is 2.33. The lowest BCUT2D eigenvalue weighted by Crippen LogP contribution is -2.37. The molecule has 32 heavy (non-hydrogen) atoms. The largest absolute Gasteiger partial charge is 0.481 e. The number of thioether (sulfide) groups is 1. The molecule has 2 saturated heterocycles. The molecule has 2 aliphatic heterocycles. The molecular formula is C22H26N4O4S2. The first-order valence-electron chi connectivity index (χ1n) is 10.7. The summed E-state index contributed by atoms with van der Waals surface area (Å²) >= 11 is 6.52. The summed E-state index contributed by atoms with van der Waals surface area (Å²) < 4.78 is 2.00. The standard InChI is InChI=1S/C22H26N4O4S2/c1-3-25-19(24-9-5-4-6-10-24)15(14(2)16(13-23)20(25)29)12-17-21(30)26(22(31)32-17)11-7-8-18(27)28/h12H,3-11H2,1-2H3,(H,27,28). The topological polar surface area (TPSA) is 107 Å². The van der Waals surface area contributed by atoms with Crippen LogP contribution in [0.25, 0.3) is 6.08 Å². The molecule has 1 aromatic heterocycles. The minimum atomic E-state index is -0.918. The fraction of sp³-hybridized carbons (Fsp3) is 0.500. The lowest BCUT2D eigenvalue weighted by atomic mass is 10.0. The molecule has 3 heterocycles. The Morgan fingerprint density at radius 3 is 2.56 bits per heavy atom. The van der Waals surface area contributed by atoms with E-state index in [1.54, 1.807) is 17.6 Å². The Labute approximate surface area is 196 Å². The van der Waals surface area contributed by atoms with Crippen molar-refractivity contribution in [3.8, 4) is 6.07 Å². The van der Waals surface area contributed by atoms with Crippen molar-refractivity contribution >= 4 is 52.1 Å². The van der Waals surface area contributed by atoms with Gasteiger partial charge in [-0.1, -0.05) is 24.0 Å². The van der Waals surface area contributed by atoms with E-state index >= 15 is 0 Å². The number of pyridine rings is 1. The summed E-state index contributed by atoms with van der Waals surface area (Å²) in [5.41, 5.74) is 1.01. The number of anilines is 1. The molecule has 170 valence electrons. The second-order valence-electron chi connectivity index (χ2n) is 7.78. The lowest BCUT2D eigenvalue weighted by Gasteiger charge is -2.33. The fourth-order valence-electron chi connectivity index (χ4n) is 4.10. The van der Waals surface area contributed by atoms with Gasteiger partial charge >= 0.3 is 5.97 Å². The number of carbonyl (C=O) groups is 2. The van der Waals surface area contributed by atoms with Crippen molar-refractivity contribution in [2.45, 2.75) is 52.5 Å². The number of hydrogen-bond donors (Lipinski definition) is 1. The van der Waals surface area contributed by atoms with Crippen molar-refractivity contribution in [3.05, 3.63) is 31.9 Å². The minimum Gasteiger partial charge on any atom is -0.481 e. The van der Waals surface area contributed by atoms with Crippen LogP contribution in [0.1, 0.15) is 55.7 Å². The first-order valence-corrected chi connectivity index (χ1v) is 11.9. The molecule has 0 aliphatic carbocycles. The van der Waals surface area contributed by atoms with Gasteiger partial charge in [-0.2, -0.15) is 5.26 Å². The van der Waals surface area contributed by atoms with Crippen molar-refractivity contribution < 1.29 is 14.7 Å². The molecule has 0 spiro atoms. The lowest BCUT2D eigenvalue weighted by molar-refractivity contribution is -0.137. The normalized spacial score (nSPS) is 17.8. The maximum Gasteiger partial charge on any atom is 0.303 e. The van der Waals surface area contributed by atoms with Gasteiger partial charge in [-0.05, 0) is 51.2 Å². The van der Waals surface area contributed by atoms with E-state index in [9.17, 15) is 19.6 Å². The highest BCUT2D eigenvalue weighted by atomic mass is 32.2. The molecule has 1 amide bonds. The summed E-state index contributed by atoms with van der Waals surface area (Å²) in [6, 6.07) is 2.04. The van der Waals surface area contributed by atoms with Crippen molar-refractivity contribution in [2.24, 2.45) is 0 Å². The van der Waals surface area contributed by atoms with Crippen LogP contribution in [0.15, 0.2) is 9.70 Å². The summed E-state index contributed by atoms with van der Waals surface area (Å²) in [4.78, 5) is 40.8. The van der Waals surface area contributed by atoms with Gasteiger partial charge in [0, 0.05) is 38.2 Å². The van der Waals surface area contributed by atoms with Crippen LogP contribution in [0.4, 0.5) is 5.82 Å². The average molecular weight is 475 g/mol. The molecule has 2 aliphatic rings. The number of amides is 1. The number of thiocarbonyl (C=S) groups is 1. The number of piperidine rings is 1. The van der Waals surface area contributed by atoms with E-state index in [0.717, 1.165) is 49.9 Å². The summed E-state index contributed by atoms with van der Waals surface area (Å²) in [6.07, 6.45) is 5.17. The molecule has 0 saturated carbocycles. The maximum atomic E-state index is 13.0. The van der Waals surface area contributed by atoms with E-state index in [1.807, 2.05) is 13.0 Å². The van der Waals surface area contributed by atoms with Gasteiger partial charge in [0.1, 0.15) is 21.8 Å². The van der Waals surface area contributed by atoms with Crippen LogP contribution in [0.5, 0.6) is 0 Å². The predicted octanol–water partition coefficient (Wildman–Crippen LogP) is 3.10. The average Bonchev–Trinajstić information content (AvgIpc) is 3.03. The van der Waals surface area contributed by atoms with E-state index < -0.39 is 5.97 Å². The Morgan fingerprint density at radius 2 is 1.97 bits per heavy atom. The molecule has 0 aromatic carbocycles. The number of carboxylic acid groups (broad SMARTS) is 1. The van der Waals surface area contributed by atoms with Crippen molar-refractivity contribution in [1.29, 1.82) is 5.26 Å². The fourth-order valence-corrected chi connectivity index (χ4v) is 5.39. The third kappa shape index (κ3) is 4.74. The zero-order chi connectivity index (χ0) is 23.4. The molecule has 3 rings (SSSR count). The summed E-state index contributed by atoms with van der Waals surface area (Å²) in [7, 11) is 0. The highest BCUT2D eigenvalue weighted by Crippen LogP contribution is 2.36. The van der Waals surface area contributed by atoms with E-state index in [1.165, 1.54) is 4.90 Å².